The summed E-state index contributed by atoms with van der Waals surface area (Å²) in [5.41, 5.74) is 1.02. The molecular weight excluding hydrogens is 412 g/mol. The molecule has 8 nitrogen and oxygen atoms in total. The Labute approximate surface area is 177 Å². The standard InChI is InChI=1S/C21H19ClN2O6/c1-27-14-7-13(8-15(9-14)28-2)23-20(25)11-30-19-10-18(21(26)29-3)24-17-5-4-12(22)6-16(17)19/h4-10H,11H2,1-3H3,(H,23,25). The average Bonchev–Trinajstić information content (AvgIpc) is 2.76. The fraction of sp³-hybridized carbons (Fsp3) is 0.190. The number of hydrogen-bond donors (Lipinski definition) is 1. The van der Waals surface area contributed by atoms with E-state index in [4.69, 9.17) is 30.5 Å². The first-order valence-electron chi connectivity index (χ1n) is 8.78. The van der Waals surface area contributed by atoms with Crippen LogP contribution in [0.4, 0.5) is 5.69 Å². The van der Waals surface area contributed by atoms with Gasteiger partial charge in [0.2, 0.25) is 0 Å². The van der Waals surface area contributed by atoms with E-state index >= 15 is 0 Å². The van der Waals surface area contributed by atoms with Gasteiger partial charge in [-0.05, 0) is 18.2 Å². The Morgan fingerprint density at radius 2 is 1.70 bits per heavy atom. The summed E-state index contributed by atoms with van der Waals surface area (Å²) in [6.07, 6.45) is 0. The third-order valence-electron chi connectivity index (χ3n) is 4.12. The van der Waals surface area contributed by atoms with E-state index in [1.165, 1.54) is 27.4 Å². The summed E-state index contributed by atoms with van der Waals surface area (Å²) in [5, 5.41) is 3.74. The van der Waals surface area contributed by atoms with Crippen LogP contribution in [0.25, 0.3) is 10.9 Å². The summed E-state index contributed by atoms with van der Waals surface area (Å²) in [7, 11) is 4.29. The van der Waals surface area contributed by atoms with Gasteiger partial charge in [0.05, 0.1) is 26.8 Å². The molecule has 1 N–H and O–H groups in total. The molecule has 0 saturated carbocycles. The van der Waals surface area contributed by atoms with Crippen molar-refractivity contribution in [2.45, 2.75) is 0 Å². The van der Waals surface area contributed by atoms with Gasteiger partial charge < -0.3 is 24.3 Å². The van der Waals surface area contributed by atoms with Gasteiger partial charge >= 0.3 is 5.97 Å². The Hall–Kier alpha value is -3.52. The fourth-order valence-corrected chi connectivity index (χ4v) is 2.89. The lowest BCUT2D eigenvalue weighted by Crippen LogP contribution is -2.20. The van der Waals surface area contributed by atoms with Gasteiger partial charge in [0.25, 0.3) is 5.91 Å². The lowest BCUT2D eigenvalue weighted by atomic mass is 10.2. The van der Waals surface area contributed by atoms with Gasteiger partial charge in [-0.2, -0.15) is 0 Å². The van der Waals surface area contributed by atoms with Crippen LogP contribution in [0.3, 0.4) is 0 Å². The Bertz CT molecular complexity index is 1080. The number of pyridine rings is 1. The Balaban J connectivity index is 1.81. The summed E-state index contributed by atoms with van der Waals surface area (Å²) in [4.78, 5) is 28.6. The Morgan fingerprint density at radius 3 is 2.33 bits per heavy atom. The molecule has 30 heavy (non-hydrogen) atoms. The largest absolute Gasteiger partial charge is 0.497 e. The van der Waals surface area contributed by atoms with E-state index in [-0.39, 0.29) is 18.1 Å². The molecule has 0 unspecified atom stereocenters. The van der Waals surface area contributed by atoms with Crippen LogP contribution in [-0.2, 0) is 9.53 Å². The molecule has 3 aromatic rings. The number of carbonyl (C=O) groups is 2. The highest BCUT2D eigenvalue weighted by Gasteiger charge is 2.15. The normalized spacial score (nSPS) is 10.4. The molecule has 1 aromatic heterocycles. The number of methoxy groups -OCH3 is 3. The zero-order valence-corrected chi connectivity index (χ0v) is 17.3. The van der Waals surface area contributed by atoms with Gasteiger partial charge in [0.1, 0.15) is 17.2 Å². The van der Waals surface area contributed by atoms with E-state index in [0.717, 1.165) is 0 Å². The van der Waals surface area contributed by atoms with E-state index in [1.54, 1.807) is 36.4 Å². The average molecular weight is 431 g/mol. The molecule has 0 spiro atoms. The lowest BCUT2D eigenvalue weighted by molar-refractivity contribution is -0.118. The minimum atomic E-state index is -0.621. The van der Waals surface area contributed by atoms with Gasteiger partial charge in [-0.15, -0.1) is 0 Å². The van der Waals surface area contributed by atoms with Crippen molar-refractivity contribution in [2.24, 2.45) is 0 Å². The molecule has 0 atom stereocenters. The maximum atomic E-state index is 12.4. The zero-order chi connectivity index (χ0) is 21.7. The highest BCUT2D eigenvalue weighted by atomic mass is 35.5. The van der Waals surface area contributed by atoms with E-state index in [0.29, 0.717) is 33.1 Å². The van der Waals surface area contributed by atoms with Crippen molar-refractivity contribution in [3.63, 3.8) is 0 Å². The number of anilines is 1. The quantitative estimate of drug-likeness (QED) is 0.571. The number of ether oxygens (including phenoxy) is 4. The maximum absolute atomic E-state index is 12.4. The molecule has 0 aliphatic rings. The molecule has 0 saturated heterocycles. The van der Waals surface area contributed by atoms with Crippen molar-refractivity contribution in [3.8, 4) is 17.2 Å². The van der Waals surface area contributed by atoms with Crippen LogP contribution in [0.2, 0.25) is 5.02 Å². The number of benzene rings is 2. The SMILES string of the molecule is COC(=O)c1cc(OCC(=O)Nc2cc(OC)cc(OC)c2)c2cc(Cl)ccc2n1. The summed E-state index contributed by atoms with van der Waals surface area (Å²) in [6.45, 7) is -0.314. The number of nitrogens with zero attached hydrogens (tertiary/aromatic N) is 1. The smallest absolute Gasteiger partial charge is 0.356 e. The second-order valence-corrected chi connectivity index (χ2v) is 6.53. The van der Waals surface area contributed by atoms with Gasteiger partial charge in [-0.1, -0.05) is 11.6 Å². The molecule has 0 aliphatic heterocycles. The highest BCUT2D eigenvalue weighted by Crippen LogP contribution is 2.29. The number of carbonyl (C=O) groups excluding carboxylic acids is 2. The second-order valence-electron chi connectivity index (χ2n) is 6.10. The number of hydrogen-bond acceptors (Lipinski definition) is 7. The lowest BCUT2D eigenvalue weighted by Gasteiger charge is -2.12. The predicted octanol–water partition coefficient (Wildman–Crippen LogP) is 3.71. The van der Waals surface area contributed by atoms with Crippen LogP contribution < -0.4 is 19.5 Å². The van der Waals surface area contributed by atoms with Crippen molar-refractivity contribution >= 4 is 40.1 Å². The number of halogens is 1. The number of rotatable bonds is 7. The minimum absolute atomic E-state index is 0.0558. The van der Waals surface area contributed by atoms with E-state index in [2.05, 4.69) is 10.3 Å². The molecule has 0 radical (unpaired) electrons. The van der Waals surface area contributed by atoms with Crippen molar-refractivity contribution < 1.29 is 28.5 Å². The van der Waals surface area contributed by atoms with Crippen LogP contribution in [-0.4, -0.2) is 44.8 Å². The second kappa shape index (κ2) is 9.32. The molecule has 1 amide bonds. The molecule has 0 bridgehead atoms. The first-order valence-corrected chi connectivity index (χ1v) is 9.15. The van der Waals surface area contributed by atoms with Gasteiger partial charge in [0, 0.05) is 40.4 Å². The Kier molecular flexibility index (Phi) is 6.58. The van der Waals surface area contributed by atoms with E-state index in [9.17, 15) is 9.59 Å². The third-order valence-corrected chi connectivity index (χ3v) is 4.36. The molecular formula is C21H19ClN2O6. The summed E-state index contributed by atoms with van der Waals surface area (Å²) in [5.74, 6) is 0.300. The highest BCUT2D eigenvalue weighted by molar-refractivity contribution is 6.31. The molecule has 9 heteroatoms. The van der Waals surface area contributed by atoms with Gasteiger partial charge in [-0.25, -0.2) is 9.78 Å². The van der Waals surface area contributed by atoms with Crippen LogP contribution in [0.1, 0.15) is 10.5 Å². The van der Waals surface area contributed by atoms with E-state index in [1.807, 2.05) is 0 Å². The maximum Gasteiger partial charge on any atom is 0.356 e. The number of nitrogens with one attached hydrogen (secondary N) is 1. The number of aromatic nitrogens is 1. The van der Waals surface area contributed by atoms with Crippen LogP contribution in [0.15, 0.2) is 42.5 Å². The summed E-state index contributed by atoms with van der Waals surface area (Å²) in [6, 6.07) is 11.3. The topological polar surface area (TPSA) is 96.0 Å². The zero-order valence-electron chi connectivity index (χ0n) is 16.5. The Morgan fingerprint density at radius 1 is 1.00 bits per heavy atom. The van der Waals surface area contributed by atoms with Crippen LogP contribution in [0.5, 0.6) is 17.2 Å². The summed E-state index contributed by atoms with van der Waals surface area (Å²) >= 11 is 6.07. The summed E-state index contributed by atoms with van der Waals surface area (Å²) < 4.78 is 20.8. The predicted molar refractivity (Wildman–Crippen MR) is 112 cm³/mol. The monoisotopic (exact) mass is 430 g/mol. The van der Waals surface area contributed by atoms with Crippen molar-refractivity contribution in [1.29, 1.82) is 0 Å². The van der Waals surface area contributed by atoms with Crippen LogP contribution in [0, 0.1) is 0 Å². The number of amides is 1. The first-order chi connectivity index (χ1) is 14.4. The van der Waals surface area contributed by atoms with Gasteiger partial charge in [-0.3, -0.25) is 4.79 Å². The van der Waals surface area contributed by atoms with Crippen molar-refractivity contribution in [3.05, 3.63) is 53.2 Å². The number of esters is 1. The third kappa shape index (κ3) is 4.90. The number of fused-ring (bicyclic) bond motifs is 1. The van der Waals surface area contributed by atoms with Crippen molar-refractivity contribution in [2.75, 3.05) is 33.3 Å². The molecule has 156 valence electrons. The molecule has 3 rings (SSSR count). The van der Waals surface area contributed by atoms with Gasteiger partial charge in [0.15, 0.2) is 12.3 Å². The van der Waals surface area contributed by atoms with Crippen molar-refractivity contribution in [1.82, 2.24) is 4.98 Å². The van der Waals surface area contributed by atoms with E-state index < -0.39 is 11.9 Å². The van der Waals surface area contributed by atoms with Crippen LogP contribution >= 0.6 is 11.6 Å². The molecule has 0 aliphatic carbocycles. The molecule has 2 aromatic carbocycles. The first kappa shape index (κ1) is 21.2. The molecule has 1 heterocycles. The minimum Gasteiger partial charge on any atom is -0.497 e. The fourth-order valence-electron chi connectivity index (χ4n) is 2.72. The molecule has 0 fully saturated rings.